The number of benzene rings is 1. The van der Waals surface area contributed by atoms with Crippen molar-refractivity contribution >= 4 is 47.3 Å². The maximum Gasteiger partial charge on any atom is 0.246 e. The quantitative estimate of drug-likeness (QED) is 0.213. The van der Waals surface area contributed by atoms with Gasteiger partial charge in [-0.25, -0.2) is 0 Å². The van der Waals surface area contributed by atoms with Gasteiger partial charge in [0.15, 0.2) is 0 Å². The summed E-state index contributed by atoms with van der Waals surface area (Å²) in [5.41, 5.74) is 0.619. The molecular weight excluding hydrogens is 821 g/mol. The van der Waals surface area contributed by atoms with Crippen molar-refractivity contribution in [3.8, 4) is 5.75 Å². The van der Waals surface area contributed by atoms with Gasteiger partial charge in [-0.2, -0.15) is 0 Å². The molecule has 10 atom stereocenters. The molecule has 4 heterocycles. The molecule has 4 aliphatic heterocycles. The zero-order valence-electron chi connectivity index (χ0n) is 39.0. The van der Waals surface area contributed by atoms with Crippen LogP contribution >= 0.6 is 0 Å². The Bertz CT molecular complexity index is 1870. The number of hydrogen-bond donors (Lipinski definition) is 6. The van der Waals surface area contributed by atoms with Gasteiger partial charge >= 0.3 is 0 Å². The molecule has 0 saturated carbocycles. The smallest absolute Gasteiger partial charge is 0.246 e. The largest absolute Gasteiger partial charge is 0.508 e. The molecule has 5 rings (SSSR count). The van der Waals surface area contributed by atoms with E-state index in [1.165, 1.54) is 26.8 Å². The summed E-state index contributed by atoms with van der Waals surface area (Å²) >= 11 is 0. The maximum absolute atomic E-state index is 14.6. The first-order chi connectivity index (χ1) is 30.4. The van der Waals surface area contributed by atoms with Crippen molar-refractivity contribution in [3.05, 3.63) is 29.8 Å². The summed E-state index contributed by atoms with van der Waals surface area (Å²) in [6.07, 6.45) is 3.83. The molecule has 17 heteroatoms. The van der Waals surface area contributed by atoms with E-state index in [0.717, 1.165) is 0 Å². The van der Waals surface area contributed by atoms with Crippen LogP contribution < -0.4 is 26.6 Å². The summed E-state index contributed by atoms with van der Waals surface area (Å²) in [7, 11) is 0. The highest BCUT2D eigenvalue weighted by molar-refractivity contribution is 5.99. The minimum absolute atomic E-state index is 0.00289. The Hall–Kier alpha value is -5.22. The Morgan fingerprint density at radius 1 is 0.531 bits per heavy atom. The number of aromatic hydroxyl groups is 1. The second kappa shape index (κ2) is 22.1. The van der Waals surface area contributed by atoms with E-state index in [1.54, 1.807) is 26.0 Å². The predicted molar refractivity (Wildman–Crippen MR) is 239 cm³/mol. The van der Waals surface area contributed by atoms with Gasteiger partial charge in [-0.15, -0.1) is 0 Å². The standard InChI is InChI=1S/C47H72N8O9/c1-9-28(7)38-44(61)52-39(29(8)10-2)47(64)55-23-13-16-36(55)45(62)53-21-11-14-34(53)42(59)49-33(25-30-17-19-31(56)20-18-30)41(58)50-37(27(5)6)46(63)54-22-12-15-35(54)43(60)48-32(24-26(3)4)40(57)51-38/h17-20,26-29,32-39,56H,9-16,21-25H2,1-8H3,(H,48,60)(H,49,59)(H,50,58)(H,51,57)(H,52,61)/t28?,29?,32-,33-,34-,35-,36-,37?,38-,39-/m0/s1. The summed E-state index contributed by atoms with van der Waals surface area (Å²) < 4.78 is 0. The molecule has 17 nitrogen and oxygen atoms in total. The number of nitrogens with zero attached hydrogens (tertiary/aromatic N) is 3. The van der Waals surface area contributed by atoms with Crippen LogP contribution in [-0.2, 0) is 44.8 Å². The van der Waals surface area contributed by atoms with Crippen LogP contribution in [-0.4, -0.2) is 135 Å². The fraction of sp³-hybridized carbons (Fsp3) is 0.702. The highest BCUT2D eigenvalue weighted by Gasteiger charge is 2.46. The first-order valence-electron chi connectivity index (χ1n) is 23.6. The molecule has 0 bridgehead atoms. The fourth-order valence-electron chi connectivity index (χ4n) is 9.41. The maximum atomic E-state index is 14.6. The van der Waals surface area contributed by atoms with E-state index in [-0.39, 0.29) is 61.9 Å². The van der Waals surface area contributed by atoms with Crippen LogP contribution in [0.15, 0.2) is 24.3 Å². The molecule has 4 aliphatic rings. The van der Waals surface area contributed by atoms with Gasteiger partial charge in [-0.05, 0) is 86.3 Å². The van der Waals surface area contributed by atoms with Crippen molar-refractivity contribution in [1.29, 1.82) is 0 Å². The van der Waals surface area contributed by atoms with Gasteiger partial charge in [0.2, 0.25) is 47.3 Å². The third-order valence-corrected chi connectivity index (χ3v) is 13.6. The first-order valence-corrected chi connectivity index (χ1v) is 23.6. The van der Waals surface area contributed by atoms with Crippen molar-refractivity contribution < 1.29 is 43.5 Å². The third kappa shape index (κ3) is 11.7. The summed E-state index contributed by atoms with van der Waals surface area (Å²) in [4.78, 5) is 119. The number of rotatable bonds is 9. The van der Waals surface area contributed by atoms with Gasteiger partial charge in [0, 0.05) is 26.1 Å². The Labute approximate surface area is 377 Å². The van der Waals surface area contributed by atoms with Gasteiger partial charge in [-0.1, -0.05) is 80.4 Å². The number of phenolic OH excluding ortho intramolecular Hbond substituents is 1. The lowest BCUT2D eigenvalue weighted by molar-refractivity contribution is -0.149. The molecule has 354 valence electrons. The van der Waals surface area contributed by atoms with Gasteiger partial charge in [-0.3, -0.25) is 38.4 Å². The third-order valence-electron chi connectivity index (χ3n) is 13.6. The van der Waals surface area contributed by atoms with Crippen LogP contribution in [0.1, 0.15) is 119 Å². The van der Waals surface area contributed by atoms with Gasteiger partial charge in [0.1, 0.15) is 54.1 Å². The highest BCUT2D eigenvalue weighted by Crippen LogP contribution is 2.28. The zero-order valence-corrected chi connectivity index (χ0v) is 39.0. The van der Waals surface area contributed by atoms with Crippen LogP contribution in [0.4, 0.5) is 0 Å². The SMILES string of the molecule is CCC(C)[C@@H]1NC(=O)[C@H](CC(C)C)NC(=O)[C@@H]2CCCN2C(=O)C(C(C)C)NC(=O)[C@H](Cc2ccc(O)cc2)NC(=O)[C@@H]2CCCN2C(=O)[C@@H]2CCCN2C(=O)[C@H](C(C)CC)NC1=O. The van der Waals surface area contributed by atoms with Crippen molar-refractivity contribution in [2.75, 3.05) is 19.6 Å². The van der Waals surface area contributed by atoms with E-state index >= 15 is 0 Å². The second-order valence-electron chi connectivity index (χ2n) is 19.2. The number of phenols is 1. The Morgan fingerprint density at radius 3 is 1.50 bits per heavy atom. The molecule has 4 fully saturated rings. The van der Waals surface area contributed by atoms with Crippen molar-refractivity contribution in [2.24, 2.45) is 23.7 Å². The number of nitrogens with one attached hydrogen (secondary N) is 5. The van der Waals surface area contributed by atoms with E-state index in [9.17, 15) is 43.5 Å². The molecule has 6 N–H and O–H groups in total. The van der Waals surface area contributed by atoms with Gasteiger partial charge in [0.05, 0.1) is 0 Å². The van der Waals surface area contributed by atoms with Crippen LogP contribution in [0.25, 0.3) is 0 Å². The Kier molecular flexibility index (Phi) is 17.2. The average molecular weight is 893 g/mol. The fourth-order valence-corrected chi connectivity index (χ4v) is 9.41. The van der Waals surface area contributed by atoms with Crippen LogP contribution in [0.5, 0.6) is 5.75 Å². The number of amides is 8. The molecule has 0 radical (unpaired) electrons. The molecule has 4 saturated heterocycles. The molecule has 3 unspecified atom stereocenters. The average Bonchev–Trinajstić information content (AvgIpc) is 4.07. The number of fused-ring (bicyclic) bond motifs is 3. The molecule has 64 heavy (non-hydrogen) atoms. The molecular formula is C47H72N8O9. The Morgan fingerprint density at radius 2 is 0.969 bits per heavy atom. The van der Waals surface area contributed by atoms with E-state index in [0.29, 0.717) is 56.9 Å². The van der Waals surface area contributed by atoms with Gasteiger partial charge < -0.3 is 46.4 Å². The molecule has 0 aromatic heterocycles. The lowest BCUT2D eigenvalue weighted by Gasteiger charge is -2.36. The van der Waals surface area contributed by atoms with E-state index in [2.05, 4.69) is 26.6 Å². The lowest BCUT2D eigenvalue weighted by atomic mass is 9.93. The van der Waals surface area contributed by atoms with E-state index < -0.39 is 95.6 Å². The van der Waals surface area contributed by atoms with E-state index in [4.69, 9.17) is 0 Å². The summed E-state index contributed by atoms with van der Waals surface area (Å²) in [6.45, 7) is 15.6. The van der Waals surface area contributed by atoms with Gasteiger partial charge in [0.25, 0.3) is 0 Å². The monoisotopic (exact) mass is 893 g/mol. The zero-order chi connectivity index (χ0) is 47.0. The van der Waals surface area contributed by atoms with Crippen molar-refractivity contribution in [3.63, 3.8) is 0 Å². The normalized spacial score (nSPS) is 29.3. The van der Waals surface area contributed by atoms with Crippen molar-refractivity contribution in [1.82, 2.24) is 41.3 Å². The summed E-state index contributed by atoms with van der Waals surface area (Å²) in [5, 5.41) is 24.5. The number of carbonyl (C=O) groups is 8. The predicted octanol–water partition coefficient (Wildman–Crippen LogP) is 2.14. The summed E-state index contributed by atoms with van der Waals surface area (Å²) in [5.74, 6) is -5.33. The van der Waals surface area contributed by atoms with E-state index in [1.807, 2.05) is 41.5 Å². The van der Waals surface area contributed by atoms with Crippen LogP contribution in [0.2, 0.25) is 0 Å². The molecule has 8 amide bonds. The first kappa shape index (κ1) is 49.8. The Balaban J connectivity index is 1.56. The number of carbonyl (C=O) groups excluding carboxylic acids is 8. The second-order valence-corrected chi connectivity index (χ2v) is 19.2. The topological polar surface area (TPSA) is 227 Å². The molecule has 1 aromatic rings. The number of hydrogen-bond acceptors (Lipinski definition) is 9. The van der Waals surface area contributed by atoms with Crippen molar-refractivity contribution in [2.45, 2.75) is 168 Å². The lowest BCUT2D eigenvalue weighted by Crippen LogP contribution is -2.62. The molecule has 0 aliphatic carbocycles. The highest BCUT2D eigenvalue weighted by atomic mass is 16.3. The minimum Gasteiger partial charge on any atom is -0.508 e. The molecule has 1 aromatic carbocycles. The molecule has 0 spiro atoms. The minimum atomic E-state index is -1.20. The summed E-state index contributed by atoms with van der Waals surface area (Å²) in [6, 6.07) is -2.02. The van der Waals surface area contributed by atoms with Crippen LogP contribution in [0.3, 0.4) is 0 Å². The van der Waals surface area contributed by atoms with Crippen LogP contribution in [0, 0.1) is 23.7 Å².